The normalized spacial score (nSPS) is 21.8. The van der Waals surface area contributed by atoms with Crippen molar-refractivity contribution in [3.05, 3.63) is 29.8 Å². The van der Waals surface area contributed by atoms with Crippen molar-refractivity contribution >= 4 is 28.5 Å². The van der Waals surface area contributed by atoms with Gasteiger partial charge >= 0.3 is 0 Å². The number of hydrogen-bond donors (Lipinski definition) is 1. The number of benzene rings is 1. The highest BCUT2D eigenvalue weighted by Gasteiger charge is 2.24. The summed E-state index contributed by atoms with van der Waals surface area (Å²) in [6.07, 6.45) is 1.44. The van der Waals surface area contributed by atoms with Gasteiger partial charge in [0.15, 0.2) is 0 Å². The van der Waals surface area contributed by atoms with E-state index >= 15 is 0 Å². The van der Waals surface area contributed by atoms with Crippen LogP contribution in [0.1, 0.15) is 18.9 Å². The fraction of sp³-hybridized carbons (Fsp3) is 0.438. The lowest BCUT2D eigenvalue weighted by Crippen LogP contribution is -2.13. The molecule has 3 rings (SSSR count). The SMILES string of the molecule is COc1ccc2cc(CSC3CCOC3C)c(N)nc2c1. The highest BCUT2D eigenvalue weighted by molar-refractivity contribution is 7.99. The number of aromatic nitrogens is 1. The van der Waals surface area contributed by atoms with Crippen molar-refractivity contribution in [3.63, 3.8) is 0 Å². The Morgan fingerprint density at radius 1 is 1.43 bits per heavy atom. The number of ether oxygens (including phenoxy) is 2. The maximum absolute atomic E-state index is 6.10. The van der Waals surface area contributed by atoms with E-state index in [4.69, 9.17) is 15.2 Å². The molecule has 2 heterocycles. The summed E-state index contributed by atoms with van der Waals surface area (Å²) in [5.74, 6) is 2.28. The van der Waals surface area contributed by atoms with Crippen LogP contribution < -0.4 is 10.5 Å². The molecule has 0 amide bonds. The van der Waals surface area contributed by atoms with Gasteiger partial charge in [-0.1, -0.05) is 0 Å². The first-order chi connectivity index (χ1) is 10.2. The molecule has 21 heavy (non-hydrogen) atoms. The third-order valence-corrected chi connectivity index (χ3v) is 5.42. The van der Waals surface area contributed by atoms with Gasteiger partial charge in [0, 0.05) is 34.6 Å². The molecule has 2 atom stereocenters. The van der Waals surface area contributed by atoms with E-state index in [1.807, 2.05) is 30.0 Å². The first-order valence-corrected chi connectivity index (χ1v) is 8.18. The van der Waals surface area contributed by atoms with Crippen molar-refractivity contribution < 1.29 is 9.47 Å². The lowest BCUT2D eigenvalue weighted by Gasteiger charge is -2.14. The molecule has 0 radical (unpaired) electrons. The second-order valence-electron chi connectivity index (χ2n) is 5.31. The Morgan fingerprint density at radius 2 is 2.29 bits per heavy atom. The predicted molar refractivity (Wildman–Crippen MR) is 87.8 cm³/mol. The molecule has 1 aliphatic rings. The summed E-state index contributed by atoms with van der Waals surface area (Å²) in [4.78, 5) is 4.50. The second kappa shape index (κ2) is 6.12. The summed E-state index contributed by atoms with van der Waals surface area (Å²) in [6, 6.07) is 8.01. The maximum atomic E-state index is 6.10. The van der Waals surface area contributed by atoms with E-state index in [2.05, 4.69) is 18.0 Å². The Kier molecular flexibility index (Phi) is 4.22. The Balaban J connectivity index is 1.80. The third kappa shape index (κ3) is 3.09. The Labute approximate surface area is 129 Å². The molecule has 0 spiro atoms. The topological polar surface area (TPSA) is 57.4 Å². The van der Waals surface area contributed by atoms with E-state index in [9.17, 15) is 0 Å². The average molecular weight is 304 g/mol. The molecule has 1 aromatic heterocycles. The standard InChI is InChI=1S/C16H20N2O2S/c1-10-15(5-6-20-10)21-9-12-7-11-3-4-13(19-2)8-14(11)18-16(12)17/h3-4,7-8,10,15H,5-6,9H2,1-2H3,(H2,17,18). The van der Waals surface area contributed by atoms with Crippen LogP contribution in [0.15, 0.2) is 24.3 Å². The van der Waals surface area contributed by atoms with Gasteiger partial charge in [-0.05, 0) is 31.5 Å². The first kappa shape index (κ1) is 14.5. The molecule has 2 aromatic rings. The van der Waals surface area contributed by atoms with Crippen molar-refractivity contribution in [2.75, 3.05) is 19.5 Å². The van der Waals surface area contributed by atoms with Crippen LogP contribution in [-0.4, -0.2) is 30.1 Å². The number of nitrogens with two attached hydrogens (primary N) is 1. The minimum absolute atomic E-state index is 0.328. The zero-order valence-corrected chi connectivity index (χ0v) is 13.2. The van der Waals surface area contributed by atoms with Crippen LogP contribution in [0.4, 0.5) is 5.82 Å². The van der Waals surface area contributed by atoms with Gasteiger partial charge in [-0.2, -0.15) is 11.8 Å². The zero-order chi connectivity index (χ0) is 14.8. The molecule has 4 nitrogen and oxygen atoms in total. The van der Waals surface area contributed by atoms with Crippen LogP contribution in [0, 0.1) is 0 Å². The molecular weight excluding hydrogens is 284 g/mol. The highest BCUT2D eigenvalue weighted by atomic mass is 32.2. The maximum Gasteiger partial charge on any atom is 0.128 e. The number of pyridine rings is 1. The zero-order valence-electron chi connectivity index (χ0n) is 12.3. The molecule has 1 saturated heterocycles. The fourth-order valence-corrected chi connectivity index (χ4v) is 3.81. The number of rotatable bonds is 4. The molecular formula is C16H20N2O2S. The van der Waals surface area contributed by atoms with Crippen LogP contribution in [0.25, 0.3) is 10.9 Å². The molecule has 0 bridgehead atoms. The molecule has 0 saturated carbocycles. The van der Waals surface area contributed by atoms with Crippen LogP contribution in [-0.2, 0) is 10.5 Å². The third-order valence-electron chi connectivity index (χ3n) is 3.90. The van der Waals surface area contributed by atoms with Gasteiger partial charge in [-0.25, -0.2) is 4.98 Å². The van der Waals surface area contributed by atoms with Gasteiger partial charge in [0.05, 0.1) is 18.7 Å². The van der Waals surface area contributed by atoms with Crippen molar-refractivity contribution in [2.24, 2.45) is 0 Å². The number of methoxy groups -OCH3 is 1. The number of nitrogens with zero attached hydrogens (tertiary/aromatic N) is 1. The first-order valence-electron chi connectivity index (χ1n) is 7.13. The van der Waals surface area contributed by atoms with E-state index in [0.717, 1.165) is 41.0 Å². The van der Waals surface area contributed by atoms with Crippen LogP contribution >= 0.6 is 11.8 Å². The second-order valence-corrected chi connectivity index (χ2v) is 6.53. The summed E-state index contributed by atoms with van der Waals surface area (Å²) < 4.78 is 10.8. The van der Waals surface area contributed by atoms with Crippen molar-refractivity contribution in [1.82, 2.24) is 4.98 Å². The molecule has 1 aromatic carbocycles. The monoisotopic (exact) mass is 304 g/mol. The quantitative estimate of drug-likeness (QED) is 0.939. The average Bonchev–Trinajstić information content (AvgIpc) is 2.90. The van der Waals surface area contributed by atoms with Gasteiger partial charge in [-0.3, -0.25) is 0 Å². The predicted octanol–water partition coefficient (Wildman–Crippen LogP) is 3.24. The molecule has 2 unspecified atom stereocenters. The van der Waals surface area contributed by atoms with Crippen LogP contribution in [0.2, 0.25) is 0 Å². The van der Waals surface area contributed by atoms with E-state index in [0.29, 0.717) is 17.2 Å². The summed E-state index contributed by atoms with van der Waals surface area (Å²) in [6.45, 7) is 3.00. The van der Waals surface area contributed by atoms with Crippen molar-refractivity contribution in [1.29, 1.82) is 0 Å². The van der Waals surface area contributed by atoms with E-state index in [1.54, 1.807) is 7.11 Å². The number of hydrogen-bond acceptors (Lipinski definition) is 5. The molecule has 112 valence electrons. The van der Waals surface area contributed by atoms with Gasteiger partial charge < -0.3 is 15.2 Å². The van der Waals surface area contributed by atoms with Gasteiger partial charge in [0.25, 0.3) is 0 Å². The fourth-order valence-electron chi connectivity index (χ4n) is 2.58. The Hall–Kier alpha value is -1.46. The largest absolute Gasteiger partial charge is 0.497 e. The van der Waals surface area contributed by atoms with Crippen molar-refractivity contribution in [3.8, 4) is 5.75 Å². The minimum atomic E-state index is 0.328. The molecule has 1 aliphatic heterocycles. The van der Waals surface area contributed by atoms with E-state index in [1.165, 1.54) is 0 Å². The molecule has 5 heteroatoms. The lowest BCUT2D eigenvalue weighted by atomic mass is 10.1. The lowest BCUT2D eigenvalue weighted by molar-refractivity contribution is 0.127. The smallest absolute Gasteiger partial charge is 0.128 e. The molecule has 2 N–H and O–H groups in total. The van der Waals surface area contributed by atoms with E-state index < -0.39 is 0 Å². The number of anilines is 1. The number of nitrogen functional groups attached to an aromatic ring is 1. The van der Waals surface area contributed by atoms with E-state index in [-0.39, 0.29) is 0 Å². The Bertz CT molecular complexity index is 647. The minimum Gasteiger partial charge on any atom is -0.497 e. The Morgan fingerprint density at radius 3 is 3.00 bits per heavy atom. The number of thioether (sulfide) groups is 1. The van der Waals surface area contributed by atoms with Crippen molar-refractivity contribution in [2.45, 2.75) is 30.5 Å². The van der Waals surface area contributed by atoms with Gasteiger partial charge in [0.1, 0.15) is 11.6 Å². The molecule has 0 aliphatic carbocycles. The van der Waals surface area contributed by atoms with Crippen LogP contribution in [0.3, 0.4) is 0 Å². The summed E-state index contributed by atoms with van der Waals surface area (Å²) in [7, 11) is 1.65. The van der Waals surface area contributed by atoms with Gasteiger partial charge in [0.2, 0.25) is 0 Å². The highest BCUT2D eigenvalue weighted by Crippen LogP contribution is 2.31. The summed E-state index contributed by atoms with van der Waals surface area (Å²) >= 11 is 1.91. The van der Waals surface area contributed by atoms with Gasteiger partial charge in [-0.15, -0.1) is 0 Å². The summed E-state index contributed by atoms with van der Waals surface area (Å²) in [5.41, 5.74) is 8.07. The summed E-state index contributed by atoms with van der Waals surface area (Å²) in [5, 5.41) is 1.65. The van der Waals surface area contributed by atoms with Crippen LogP contribution in [0.5, 0.6) is 5.75 Å². The molecule has 1 fully saturated rings. The number of fused-ring (bicyclic) bond motifs is 1.